The largest absolute Gasteiger partial charge is 0.311 e. The Morgan fingerprint density at radius 1 is 1.25 bits per heavy atom. The molecule has 0 aromatic heterocycles. The lowest BCUT2D eigenvalue weighted by atomic mass is 9.95. The van der Waals surface area contributed by atoms with Crippen molar-refractivity contribution < 1.29 is 0 Å². The van der Waals surface area contributed by atoms with Crippen molar-refractivity contribution in [3.8, 4) is 0 Å². The van der Waals surface area contributed by atoms with Crippen LogP contribution in [0.2, 0.25) is 0 Å². The summed E-state index contributed by atoms with van der Waals surface area (Å²) in [5.41, 5.74) is 0. The summed E-state index contributed by atoms with van der Waals surface area (Å²) >= 11 is 0. The summed E-state index contributed by atoms with van der Waals surface area (Å²) in [4.78, 5) is 2.77. The van der Waals surface area contributed by atoms with Crippen molar-refractivity contribution in [3.05, 3.63) is 0 Å². The van der Waals surface area contributed by atoms with Gasteiger partial charge in [0.25, 0.3) is 0 Å². The SMILES string of the molecule is CCC(C)N1CC(C2CC2)NCC1C(C)C. The first-order valence-corrected chi connectivity index (χ1v) is 7.12. The van der Waals surface area contributed by atoms with Crippen LogP contribution in [0, 0.1) is 11.8 Å². The van der Waals surface area contributed by atoms with Gasteiger partial charge in [-0.05, 0) is 38.0 Å². The van der Waals surface area contributed by atoms with E-state index in [-0.39, 0.29) is 0 Å². The number of hydrogen-bond donors (Lipinski definition) is 1. The van der Waals surface area contributed by atoms with Gasteiger partial charge in [-0.25, -0.2) is 0 Å². The second-order valence-corrected chi connectivity index (χ2v) is 6.12. The van der Waals surface area contributed by atoms with Gasteiger partial charge in [-0.15, -0.1) is 0 Å². The predicted molar refractivity (Wildman–Crippen MR) is 69.6 cm³/mol. The predicted octanol–water partition coefficient (Wildman–Crippen LogP) is 2.49. The van der Waals surface area contributed by atoms with E-state index in [0.717, 1.165) is 30.0 Å². The lowest BCUT2D eigenvalue weighted by Gasteiger charge is -2.45. The molecule has 0 aromatic carbocycles. The van der Waals surface area contributed by atoms with Crippen molar-refractivity contribution in [2.24, 2.45) is 11.8 Å². The second-order valence-electron chi connectivity index (χ2n) is 6.12. The Morgan fingerprint density at radius 3 is 2.44 bits per heavy atom. The molecule has 0 amide bonds. The fourth-order valence-corrected chi connectivity index (χ4v) is 2.99. The van der Waals surface area contributed by atoms with Crippen LogP contribution in [0.3, 0.4) is 0 Å². The van der Waals surface area contributed by atoms with Crippen LogP contribution in [0.25, 0.3) is 0 Å². The maximum Gasteiger partial charge on any atom is 0.0247 e. The van der Waals surface area contributed by atoms with Crippen LogP contribution in [0.5, 0.6) is 0 Å². The zero-order valence-electron chi connectivity index (χ0n) is 11.4. The van der Waals surface area contributed by atoms with Gasteiger partial charge in [-0.1, -0.05) is 20.8 Å². The van der Waals surface area contributed by atoms with E-state index in [4.69, 9.17) is 0 Å². The molecule has 0 radical (unpaired) electrons. The Kier molecular flexibility index (Phi) is 3.91. The lowest BCUT2D eigenvalue weighted by molar-refractivity contribution is 0.0559. The Bertz CT molecular complexity index is 223. The number of piperazine rings is 1. The van der Waals surface area contributed by atoms with Crippen LogP contribution in [-0.4, -0.2) is 36.1 Å². The normalized spacial score (nSPS) is 34.3. The molecular formula is C14H28N2. The first kappa shape index (κ1) is 12.4. The molecule has 2 nitrogen and oxygen atoms in total. The molecule has 0 bridgehead atoms. The molecule has 1 aliphatic carbocycles. The highest BCUT2D eigenvalue weighted by atomic mass is 15.3. The average molecular weight is 224 g/mol. The standard InChI is InChI=1S/C14H28N2/c1-5-11(4)16-9-13(12-6-7-12)15-8-14(16)10(2)3/h10-15H,5-9H2,1-4H3. The van der Waals surface area contributed by atoms with Crippen LogP contribution in [0.4, 0.5) is 0 Å². The monoisotopic (exact) mass is 224 g/mol. The zero-order valence-corrected chi connectivity index (χ0v) is 11.4. The second kappa shape index (κ2) is 5.05. The average Bonchev–Trinajstić information content (AvgIpc) is 3.11. The van der Waals surface area contributed by atoms with E-state index >= 15 is 0 Å². The summed E-state index contributed by atoms with van der Waals surface area (Å²) in [6.45, 7) is 11.9. The Morgan fingerprint density at radius 2 is 1.94 bits per heavy atom. The minimum Gasteiger partial charge on any atom is -0.311 e. The number of nitrogens with zero attached hydrogens (tertiary/aromatic N) is 1. The molecular weight excluding hydrogens is 196 g/mol. The quantitative estimate of drug-likeness (QED) is 0.789. The number of nitrogens with one attached hydrogen (secondary N) is 1. The third-order valence-electron chi connectivity index (χ3n) is 4.54. The van der Waals surface area contributed by atoms with E-state index in [0.29, 0.717) is 0 Å². The molecule has 2 fully saturated rings. The molecule has 2 aliphatic rings. The van der Waals surface area contributed by atoms with Crippen molar-refractivity contribution >= 4 is 0 Å². The summed E-state index contributed by atoms with van der Waals surface area (Å²) in [5.74, 6) is 1.75. The lowest BCUT2D eigenvalue weighted by Crippen LogP contribution is -2.61. The van der Waals surface area contributed by atoms with Gasteiger partial charge in [-0.3, -0.25) is 4.90 Å². The first-order valence-electron chi connectivity index (χ1n) is 7.12. The molecule has 3 atom stereocenters. The zero-order chi connectivity index (χ0) is 11.7. The Balaban J connectivity index is 1.99. The fourth-order valence-electron chi connectivity index (χ4n) is 2.99. The van der Waals surface area contributed by atoms with Gasteiger partial charge in [0.15, 0.2) is 0 Å². The molecule has 2 rings (SSSR count). The molecule has 94 valence electrons. The van der Waals surface area contributed by atoms with E-state index in [2.05, 4.69) is 37.9 Å². The molecule has 2 heteroatoms. The number of rotatable bonds is 4. The third kappa shape index (κ3) is 2.60. The minimum absolute atomic E-state index is 0.741. The van der Waals surface area contributed by atoms with Gasteiger partial charge < -0.3 is 5.32 Å². The van der Waals surface area contributed by atoms with E-state index in [1.165, 1.54) is 32.4 Å². The van der Waals surface area contributed by atoms with Crippen LogP contribution >= 0.6 is 0 Å². The summed E-state index contributed by atoms with van der Waals surface area (Å²) in [5, 5.41) is 3.78. The van der Waals surface area contributed by atoms with Crippen molar-refractivity contribution in [3.63, 3.8) is 0 Å². The summed E-state index contributed by atoms with van der Waals surface area (Å²) in [6.07, 6.45) is 4.19. The molecule has 0 aromatic rings. The number of hydrogen-bond acceptors (Lipinski definition) is 2. The van der Waals surface area contributed by atoms with Gasteiger partial charge in [0.2, 0.25) is 0 Å². The van der Waals surface area contributed by atoms with Gasteiger partial charge in [-0.2, -0.15) is 0 Å². The van der Waals surface area contributed by atoms with Gasteiger partial charge >= 0.3 is 0 Å². The molecule has 1 aliphatic heterocycles. The van der Waals surface area contributed by atoms with Crippen LogP contribution in [0.15, 0.2) is 0 Å². The van der Waals surface area contributed by atoms with E-state index in [1.807, 2.05) is 0 Å². The molecule has 1 heterocycles. The summed E-state index contributed by atoms with van der Waals surface area (Å²) in [6, 6.07) is 2.27. The summed E-state index contributed by atoms with van der Waals surface area (Å²) < 4.78 is 0. The third-order valence-corrected chi connectivity index (χ3v) is 4.54. The fraction of sp³-hybridized carbons (Fsp3) is 1.00. The smallest absolute Gasteiger partial charge is 0.0247 e. The summed E-state index contributed by atoms with van der Waals surface area (Å²) in [7, 11) is 0. The van der Waals surface area contributed by atoms with Crippen LogP contribution in [0.1, 0.15) is 47.0 Å². The van der Waals surface area contributed by atoms with Crippen LogP contribution < -0.4 is 5.32 Å². The highest BCUT2D eigenvalue weighted by Crippen LogP contribution is 2.35. The molecule has 1 N–H and O–H groups in total. The van der Waals surface area contributed by atoms with Crippen molar-refractivity contribution in [2.75, 3.05) is 13.1 Å². The highest BCUT2D eigenvalue weighted by Gasteiger charge is 2.38. The maximum atomic E-state index is 3.78. The van der Waals surface area contributed by atoms with Crippen molar-refractivity contribution in [2.45, 2.75) is 65.1 Å². The maximum absolute atomic E-state index is 3.78. The van der Waals surface area contributed by atoms with Crippen molar-refractivity contribution in [1.29, 1.82) is 0 Å². The molecule has 3 unspecified atom stereocenters. The van der Waals surface area contributed by atoms with Gasteiger partial charge in [0, 0.05) is 31.2 Å². The first-order chi connectivity index (χ1) is 7.63. The van der Waals surface area contributed by atoms with E-state index in [1.54, 1.807) is 0 Å². The van der Waals surface area contributed by atoms with Crippen molar-refractivity contribution in [1.82, 2.24) is 10.2 Å². The minimum atomic E-state index is 0.741. The molecule has 0 spiro atoms. The Hall–Kier alpha value is -0.0800. The molecule has 1 saturated heterocycles. The Labute approximate surface area is 101 Å². The topological polar surface area (TPSA) is 15.3 Å². The van der Waals surface area contributed by atoms with Crippen LogP contribution in [-0.2, 0) is 0 Å². The van der Waals surface area contributed by atoms with Gasteiger partial charge in [0.05, 0.1) is 0 Å². The van der Waals surface area contributed by atoms with E-state index in [9.17, 15) is 0 Å². The molecule has 1 saturated carbocycles. The van der Waals surface area contributed by atoms with E-state index < -0.39 is 0 Å². The molecule has 16 heavy (non-hydrogen) atoms. The highest BCUT2D eigenvalue weighted by molar-refractivity contribution is 4.96. The van der Waals surface area contributed by atoms with Gasteiger partial charge in [0.1, 0.15) is 0 Å².